The van der Waals surface area contributed by atoms with E-state index >= 15 is 0 Å². The van der Waals surface area contributed by atoms with Gasteiger partial charge in [0.05, 0.1) is 22.0 Å². The number of pyridine rings is 2. The van der Waals surface area contributed by atoms with E-state index in [-0.39, 0.29) is 33.6 Å². The lowest BCUT2D eigenvalue weighted by Gasteiger charge is -2.16. The van der Waals surface area contributed by atoms with Crippen molar-refractivity contribution < 1.29 is 22.4 Å². The Balaban J connectivity index is 1.51. The van der Waals surface area contributed by atoms with Gasteiger partial charge in [-0.3, -0.25) is 9.36 Å². The zero-order valence-electron chi connectivity index (χ0n) is 19.8. The summed E-state index contributed by atoms with van der Waals surface area (Å²) in [5.41, 5.74) is -1.03. The van der Waals surface area contributed by atoms with Crippen LogP contribution in [0.5, 0.6) is 0 Å². The van der Waals surface area contributed by atoms with E-state index < -0.39 is 23.6 Å². The normalized spacial score (nSPS) is 13.4. The molecule has 4 aromatic rings. The zero-order chi connectivity index (χ0) is 27.2. The molecule has 1 aliphatic rings. The topological polar surface area (TPSA) is 88.0 Å². The molecule has 5 rings (SSSR count). The number of fused-ring (bicyclic) bond motifs is 1. The summed E-state index contributed by atoms with van der Waals surface area (Å²) in [6, 6.07) is 6.98. The molecule has 2 heterocycles. The second kappa shape index (κ2) is 9.64. The molecule has 2 aromatic carbocycles. The largest absolute Gasteiger partial charge is 0.416 e. The molecule has 12 heteroatoms. The zero-order valence-corrected chi connectivity index (χ0v) is 20.5. The van der Waals surface area contributed by atoms with Crippen molar-refractivity contribution in [2.24, 2.45) is 0 Å². The quantitative estimate of drug-likeness (QED) is 0.242. The van der Waals surface area contributed by atoms with Crippen LogP contribution >= 0.6 is 11.6 Å². The van der Waals surface area contributed by atoms with Gasteiger partial charge in [-0.1, -0.05) is 17.7 Å². The Morgan fingerprint density at radius 1 is 1.13 bits per heavy atom. The van der Waals surface area contributed by atoms with Crippen LogP contribution in [0.15, 0.2) is 59.7 Å². The summed E-state index contributed by atoms with van der Waals surface area (Å²) >= 11 is 6.32. The van der Waals surface area contributed by atoms with Gasteiger partial charge in [-0.15, -0.1) is 0 Å². The lowest BCUT2D eigenvalue weighted by Crippen LogP contribution is -2.23. The number of carbonyl (C=O) groups excluding carboxylic acids is 1. The molecule has 2 amide bonds. The number of hydrogen-bond acceptors (Lipinski definition) is 4. The summed E-state index contributed by atoms with van der Waals surface area (Å²) in [5.74, 6) is -0.219. The maximum Gasteiger partial charge on any atom is 0.416 e. The van der Waals surface area contributed by atoms with Crippen LogP contribution in [0.25, 0.3) is 16.5 Å². The summed E-state index contributed by atoms with van der Waals surface area (Å²) in [6.45, 7) is 0. The molecule has 0 aliphatic heterocycles. The molecule has 196 valence electrons. The standard InChI is InChI=1S/C26H20ClF4N5O2/c1-32-22-8-17-14(11-33-22)12-36(24(37)23(17)13-5-6-13)21-10-20(19(28)9-18(21)27)35-25(38)34-16-4-2-3-15(7-16)26(29,30)31/h2-4,7-13,32H,5-6H2,1H3,(H2,34,35,38). The van der Waals surface area contributed by atoms with E-state index in [2.05, 4.69) is 20.9 Å². The predicted octanol–water partition coefficient (Wildman–Crippen LogP) is 6.76. The Morgan fingerprint density at radius 3 is 2.58 bits per heavy atom. The third-order valence-electron chi connectivity index (χ3n) is 6.18. The van der Waals surface area contributed by atoms with Gasteiger partial charge in [0.2, 0.25) is 0 Å². The molecule has 1 aliphatic carbocycles. The van der Waals surface area contributed by atoms with Gasteiger partial charge < -0.3 is 16.0 Å². The molecule has 1 saturated carbocycles. The molecule has 0 radical (unpaired) electrons. The minimum absolute atomic E-state index is 0.0691. The Kier molecular flexibility index (Phi) is 6.47. The van der Waals surface area contributed by atoms with Crippen LogP contribution in [-0.2, 0) is 6.18 Å². The Bertz CT molecular complexity index is 1630. The number of alkyl halides is 3. The molecule has 7 nitrogen and oxygen atoms in total. The number of halogens is 5. The van der Waals surface area contributed by atoms with Crippen molar-refractivity contribution in [3.05, 3.63) is 87.2 Å². The number of hydrogen-bond donors (Lipinski definition) is 3. The highest BCUT2D eigenvalue weighted by Gasteiger charge is 2.31. The molecule has 3 N–H and O–H groups in total. The summed E-state index contributed by atoms with van der Waals surface area (Å²) < 4.78 is 54.9. The minimum Gasteiger partial charge on any atom is -0.373 e. The van der Waals surface area contributed by atoms with Crippen molar-refractivity contribution in [2.45, 2.75) is 24.9 Å². The minimum atomic E-state index is -4.60. The van der Waals surface area contributed by atoms with Crippen LogP contribution in [0.3, 0.4) is 0 Å². The number of nitrogens with one attached hydrogen (secondary N) is 3. The first-order valence-electron chi connectivity index (χ1n) is 11.5. The number of carbonyl (C=O) groups is 1. The third kappa shape index (κ3) is 5.01. The lowest BCUT2D eigenvalue weighted by molar-refractivity contribution is -0.137. The van der Waals surface area contributed by atoms with Gasteiger partial charge in [0.25, 0.3) is 5.56 Å². The van der Waals surface area contributed by atoms with Gasteiger partial charge >= 0.3 is 12.2 Å². The van der Waals surface area contributed by atoms with Crippen LogP contribution in [0, 0.1) is 5.82 Å². The number of rotatable bonds is 5. The van der Waals surface area contributed by atoms with Crippen molar-refractivity contribution in [1.29, 1.82) is 0 Å². The first-order valence-corrected chi connectivity index (χ1v) is 11.9. The average molecular weight is 546 g/mol. The third-order valence-corrected chi connectivity index (χ3v) is 6.48. The van der Waals surface area contributed by atoms with Gasteiger partial charge in [0.1, 0.15) is 11.6 Å². The maximum absolute atomic E-state index is 14.7. The number of aromatic nitrogens is 2. The molecule has 38 heavy (non-hydrogen) atoms. The molecular formula is C26H20ClF4N5O2. The molecule has 0 saturated heterocycles. The van der Waals surface area contributed by atoms with E-state index in [1.807, 2.05) is 0 Å². The summed E-state index contributed by atoms with van der Waals surface area (Å²) in [7, 11) is 1.72. The van der Waals surface area contributed by atoms with Crippen LogP contribution in [0.1, 0.15) is 29.9 Å². The average Bonchev–Trinajstić information content (AvgIpc) is 3.70. The van der Waals surface area contributed by atoms with E-state index in [1.165, 1.54) is 16.7 Å². The molecule has 0 bridgehead atoms. The molecule has 0 spiro atoms. The van der Waals surface area contributed by atoms with Crippen LogP contribution in [-0.4, -0.2) is 22.6 Å². The van der Waals surface area contributed by atoms with Gasteiger partial charge in [-0.25, -0.2) is 14.2 Å². The van der Waals surface area contributed by atoms with E-state index in [1.54, 1.807) is 25.5 Å². The number of urea groups is 1. The molecule has 1 fully saturated rings. The SMILES string of the molecule is CNc1cc2c(C3CC3)c(=O)n(-c3cc(NC(=O)Nc4cccc(C(F)(F)F)c4)c(F)cc3Cl)cc2cn1. The highest BCUT2D eigenvalue weighted by atomic mass is 35.5. The maximum atomic E-state index is 14.7. The molecular weight excluding hydrogens is 526 g/mol. The number of benzene rings is 2. The monoisotopic (exact) mass is 545 g/mol. The number of anilines is 3. The van der Waals surface area contributed by atoms with E-state index in [0.29, 0.717) is 16.8 Å². The van der Waals surface area contributed by atoms with Gasteiger partial charge in [0, 0.05) is 36.1 Å². The molecule has 0 unspecified atom stereocenters. The Hall–Kier alpha value is -4.12. The van der Waals surface area contributed by atoms with Crippen molar-refractivity contribution in [1.82, 2.24) is 9.55 Å². The number of amides is 2. The first kappa shape index (κ1) is 25.5. The second-order valence-corrected chi connectivity index (χ2v) is 9.25. The van der Waals surface area contributed by atoms with Gasteiger partial charge in [-0.05, 0) is 60.5 Å². The van der Waals surface area contributed by atoms with Crippen molar-refractivity contribution >= 4 is 45.6 Å². The molecule has 2 aromatic heterocycles. The predicted molar refractivity (Wildman–Crippen MR) is 138 cm³/mol. The van der Waals surface area contributed by atoms with Crippen LogP contribution < -0.4 is 21.5 Å². The summed E-state index contributed by atoms with van der Waals surface area (Å²) in [5, 5.41) is 8.83. The van der Waals surface area contributed by atoms with E-state index in [0.717, 1.165) is 42.5 Å². The highest BCUT2D eigenvalue weighted by Crippen LogP contribution is 2.42. The van der Waals surface area contributed by atoms with Crippen LogP contribution in [0.2, 0.25) is 5.02 Å². The molecule has 0 atom stereocenters. The van der Waals surface area contributed by atoms with Gasteiger partial charge in [-0.2, -0.15) is 13.2 Å². The first-order chi connectivity index (χ1) is 18.0. The fourth-order valence-corrected chi connectivity index (χ4v) is 4.44. The number of nitrogens with zero attached hydrogens (tertiary/aromatic N) is 2. The van der Waals surface area contributed by atoms with Crippen LogP contribution in [0.4, 0.5) is 39.5 Å². The van der Waals surface area contributed by atoms with Crippen molar-refractivity contribution in [2.75, 3.05) is 23.0 Å². The van der Waals surface area contributed by atoms with Crippen molar-refractivity contribution in [3.8, 4) is 5.69 Å². The fraction of sp³-hybridized carbons (Fsp3) is 0.192. The lowest BCUT2D eigenvalue weighted by atomic mass is 10.0. The van der Waals surface area contributed by atoms with Crippen molar-refractivity contribution in [3.63, 3.8) is 0 Å². The van der Waals surface area contributed by atoms with E-state index in [9.17, 15) is 27.2 Å². The fourth-order valence-electron chi connectivity index (χ4n) is 4.20. The van der Waals surface area contributed by atoms with Gasteiger partial charge in [0.15, 0.2) is 0 Å². The Morgan fingerprint density at radius 2 is 1.89 bits per heavy atom. The highest BCUT2D eigenvalue weighted by molar-refractivity contribution is 6.32. The smallest absolute Gasteiger partial charge is 0.373 e. The Labute approximate surface area is 218 Å². The summed E-state index contributed by atoms with van der Waals surface area (Å²) in [4.78, 5) is 30.4. The summed E-state index contributed by atoms with van der Waals surface area (Å²) in [6.07, 6.45) is 0.266. The second-order valence-electron chi connectivity index (χ2n) is 8.84. The van der Waals surface area contributed by atoms with E-state index in [4.69, 9.17) is 11.6 Å².